The molecule has 0 aliphatic rings. The first-order chi connectivity index (χ1) is 26.8. The van der Waals surface area contributed by atoms with Crippen LogP contribution < -0.4 is 0 Å². The van der Waals surface area contributed by atoms with Crippen LogP contribution in [0.1, 0.15) is 42.5 Å². The Morgan fingerprint density at radius 3 is 1.93 bits per heavy atom. The second-order valence-corrected chi connectivity index (χ2v) is 14.0. The molecule has 59 heavy (non-hydrogen) atoms. The Morgan fingerprint density at radius 1 is 0.780 bits per heavy atom. The maximum absolute atomic E-state index is 12.3. The number of pyridine rings is 2. The molecular weight excluding hydrogens is 991 g/mol. The van der Waals surface area contributed by atoms with Gasteiger partial charge in [-0.1, -0.05) is 35.2 Å². The number of carbonyl (C=O) groups excluding carboxylic acids is 1. The van der Waals surface area contributed by atoms with E-state index in [-0.39, 0.29) is 20.1 Å². The number of hydrogen-bond acceptors (Lipinski definition) is 5. The number of fused-ring (bicyclic) bond motifs is 8. The summed E-state index contributed by atoms with van der Waals surface area (Å²) in [5, 5.41) is 13.8. The van der Waals surface area contributed by atoms with Crippen molar-refractivity contribution >= 4 is 55.2 Å². The molecule has 19 heteroatoms. The van der Waals surface area contributed by atoms with Crippen molar-refractivity contribution in [2.45, 2.75) is 71.2 Å². The molecule has 0 bridgehead atoms. The van der Waals surface area contributed by atoms with Gasteiger partial charge in [0.1, 0.15) is 5.58 Å². The zero-order valence-corrected chi connectivity index (χ0v) is 33.1. The molecule has 0 aliphatic carbocycles. The third-order valence-corrected chi connectivity index (χ3v) is 9.53. The van der Waals surface area contributed by atoms with Gasteiger partial charge in [-0.2, -0.15) is 52.7 Å². The molecule has 5 aromatic heterocycles. The number of aromatic nitrogens is 3. The van der Waals surface area contributed by atoms with Gasteiger partial charge in [-0.15, -0.1) is 17.7 Å². The number of aryl methyl sites for hydroxylation is 3. The van der Waals surface area contributed by atoms with Crippen LogP contribution in [0, 0.1) is 38.7 Å². The van der Waals surface area contributed by atoms with E-state index in [9.17, 15) is 62.6 Å². The van der Waals surface area contributed by atoms with Crippen LogP contribution in [0.3, 0.4) is 0 Å². The van der Waals surface area contributed by atoms with Crippen molar-refractivity contribution < 1.29 is 87.1 Å². The van der Waals surface area contributed by atoms with Crippen molar-refractivity contribution in [1.29, 1.82) is 0 Å². The second-order valence-electron chi connectivity index (χ2n) is 14.0. The molecule has 6 nitrogen and oxygen atoms in total. The molecule has 2 aromatic carbocycles. The zero-order chi connectivity index (χ0) is 42.7. The molecule has 7 rings (SSSR count). The molecule has 0 saturated heterocycles. The average Bonchev–Trinajstić information content (AvgIpc) is 3.72. The van der Waals surface area contributed by atoms with Gasteiger partial charge in [-0.3, -0.25) is 4.79 Å². The molecule has 0 fully saturated rings. The summed E-state index contributed by atoms with van der Waals surface area (Å²) in [6, 6.07) is 20.5. The summed E-state index contributed by atoms with van der Waals surface area (Å²) in [7, 11) is 0. The SMILES string of the molecule is Cc1ccc2c(n1)oc1c3c(-c4cc(C)c(C)cn4)[c-]cc4c5ccccc5n(c21)c43.O=C(/C=C(\O)C(CC(F)(F)F)CC(F)(F)F)C(CC(F)(F)F)CC(F)(F)F.[Ir]. The van der Waals surface area contributed by atoms with Crippen LogP contribution in [0.4, 0.5) is 52.7 Å². The fourth-order valence-electron chi connectivity index (χ4n) is 6.91. The van der Waals surface area contributed by atoms with E-state index in [2.05, 4.69) is 71.8 Å². The number of para-hydroxylation sites is 1. The van der Waals surface area contributed by atoms with Gasteiger partial charge in [-0.05, 0) is 66.5 Å². The number of carbonyl (C=O) groups is 1. The molecule has 0 amide bonds. The molecule has 7 aromatic rings. The van der Waals surface area contributed by atoms with E-state index in [0.29, 0.717) is 5.71 Å². The van der Waals surface area contributed by atoms with Crippen molar-refractivity contribution in [2.75, 3.05) is 0 Å². The van der Waals surface area contributed by atoms with Gasteiger partial charge in [-0.25, -0.2) is 4.98 Å². The molecule has 0 atom stereocenters. The largest absolute Gasteiger partial charge is 0.512 e. The summed E-state index contributed by atoms with van der Waals surface area (Å²) in [4.78, 5) is 21.0. The summed E-state index contributed by atoms with van der Waals surface area (Å²) in [6.07, 6.45) is -28.8. The van der Waals surface area contributed by atoms with E-state index in [4.69, 9.17) is 9.40 Å². The molecule has 1 radical (unpaired) electrons. The van der Waals surface area contributed by atoms with E-state index in [1.54, 1.807) is 0 Å². The van der Waals surface area contributed by atoms with Crippen molar-refractivity contribution in [3.8, 4) is 11.3 Å². The van der Waals surface area contributed by atoms with E-state index in [1.807, 2.05) is 19.2 Å². The van der Waals surface area contributed by atoms with E-state index < -0.39 is 79.8 Å². The fourth-order valence-corrected chi connectivity index (χ4v) is 6.91. The van der Waals surface area contributed by atoms with Gasteiger partial charge in [0.15, 0.2) is 5.78 Å². The molecule has 5 heterocycles. The summed E-state index contributed by atoms with van der Waals surface area (Å²) in [5.74, 6) is -9.63. The Bertz CT molecular complexity index is 2640. The number of aliphatic hydroxyl groups excluding tert-OH is 1. The maximum atomic E-state index is 12.3. The molecule has 0 unspecified atom stereocenters. The third kappa shape index (κ3) is 10.1. The normalized spacial score (nSPS) is 13.3. The molecule has 0 spiro atoms. The van der Waals surface area contributed by atoms with E-state index in [1.165, 1.54) is 27.4 Å². The number of ketones is 1. The summed E-state index contributed by atoms with van der Waals surface area (Å²) in [5.41, 5.74) is 10.1. The van der Waals surface area contributed by atoms with Crippen LogP contribution in [-0.4, -0.2) is 50.0 Å². The zero-order valence-electron chi connectivity index (χ0n) is 30.7. The van der Waals surface area contributed by atoms with Crippen molar-refractivity contribution in [3.05, 3.63) is 89.5 Å². The topological polar surface area (TPSA) is 80.6 Å². The van der Waals surface area contributed by atoms with Gasteiger partial charge in [0.05, 0.1) is 42.3 Å². The molecule has 0 aliphatic heterocycles. The van der Waals surface area contributed by atoms with Gasteiger partial charge in [0.25, 0.3) is 0 Å². The third-order valence-electron chi connectivity index (χ3n) is 9.53. The van der Waals surface area contributed by atoms with Crippen LogP contribution in [0.5, 0.6) is 0 Å². The van der Waals surface area contributed by atoms with Crippen LogP contribution >= 0.6 is 0 Å². The smallest absolute Gasteiger partial charge is 0.389 e. The van der Waals surface area contributed by atoms with Crippen LogP contribution in [0.15, 0.2) is 71.0 Å². The van der Waals surface area contributed by atoms with E-state index in [0.717, 1.165) is 44.3 Å². The minimum absolute atomic E-state index is 0. The molecule has 1 N–H and O–H groups in total. The first-order valence-electron chi connectivity index (χ1n) is 17.3. The second kappa shape index (κ2) is 16.3. The number of allylic oxidation sites excluding steroid dienone is 2. The number of benzene rings is 2. The van der Waals surface area contributed by atoms with Crippen molar-refractivity contribution in [1.82, 2.24) is 14.4 Å². The number of alkyl halides is 12. The number of aliphatic hydroxyl groups is 1. The molecular formula is C40H30F12IrN3O3-. The average molecular weight is 1020 g/mol. The van der Waals surface area contributed by atoms with Gasteiger partial charge < -0.3 is 18.9 Å². The number of nitrogens with zero attached hydrogens (tertiary/aromatic N) is 3. The van der Waals surface area contributed by atoms with Gasteiger partial charge in [0.2, 0.25) is 5.71 Å². The standard InChI is InChI=1S/C27H18N3O.C13H12F12O2.Ir/c1-14-12-21(28-13-15(14)2)19-11-10-18-17-6-4-5-7-22(17)30-24(18)23(19)26-25(30)20-9-8-16(3)29-27(20)31-26;14-10(15,16)2-6(3-11(17,18)19)8(26)1-9(27)7(4-12(20,21)22)5-13(23,24)25;/h4-10,12-13H,1-3H3;1,6-7,26H,2-5H2;/q-1;;/b;8-1-;. The van der Waals surface area contributed by atoms with Gasteiger partial charge in [0, 0.05) is 55.4 Å². The van der Waals surface area contributed by atoms with Crippen LogP contribution in [0.25, 0.3) is 60.6 Å². The maximum Gasteiger partial charge on any atom is 0.389 e. The Morgan fingerprint density at radius 2 is 1.36 bits per heavy atom. The Labute approximate surface area is 339 Å². The minimum Gasteiger partial charge on any atom is -0.512 e. The number of halogens is 12. The van der Waals surface area contributed by atoms with Gasteiger partial charge >= 0.3 is 24.7 Å². The Kier molecular flexibility index (Phi) is 12.5. The number of rotatable bonds is 8. The Hall–Kier alpha value is -4.90. The first-order valence-corrected chi connectivity index (χ1v) is 17.3. The van der Waals surface area contributed by atoms with Crippen molar-refractivity contribution in [3.63, 3.8) is 0 Å². The van der Waals surface area contributed by atoms with E-state index >= 15 is 0 Å². The number of hydrogen-bond donors (Lipinski definition) is 1. The fraction of sp³-hybridized carbons (Fsp3) is 0.325. The predicted octanol–water partition coefficient (Wildman–Crippen LogP) is 12.8. The Balaban J connectivity index is 0.000000224. The van der Waals surface area contributed by atoms with Crippen LogP contribution in [-0.2, 0) is 24.9 Å². The monoisotopic (exact) mass is 1020 g/mol. The summed E-state index contributed by atoms with van der Waals surface area (Å²) < 4.78 is 156. The quantitative estimate of drug-likeness (QED) is 0.0710. The summed E-state index contributed by atoms with van der Waals surface area (Å²) in [6.45, 7) is 6.19. The number of furan rings is 1. The van der Waals surface area contributed by atoms with Crippen molar-refractivity contribution in [2.24, 2.45) is 11.8 Å². The molecule has 317 valence electrons. The minimum atomic E-state index is -5.27. The van der Waals surface area contributed by atoms with Crippen LogP contribution in [0.2, 0.25) is 0 Å². The predicted molar refractivity (Wildman–Crippen MR) is 190 cm³/mol. The summed E-state index contributed by atoms with van der Waals surface area (Å²) >= 11 is 0. The molecule has 0 saturated carbocycles. The first kappa shape index (κ1) is 45.2.